The van der Waals surface area contributed by atoms with Crippen LogP contribution >= 0.6 is 11.6 Å². The van der Waals surface area contributed by atoms with Crippen LogP contribution in [0.3, 0.4) is 0 Å². The lowest BCUT2D eigenvalue weighted by Crippen LogP contribution is -2.41. The highest BCUT2D eigenvalue weighted by atomic mass is 35.5. The molecule has 1 atom stereocenters. The number of hydrogen-bond donors (Lipinski definition) is 0. The van der Waals surface area contributed by atoms with Crippen molar-refractivity contribution in [3.8, 4) is 11.1 Å². The molecule has 0 aliphatic carbocycles. The first-order chi connectivity index (χ1) is 12.9. The van der Waals surface area contributed by atoms with Crippen molar-refractivity contribution in [1.82, 2.24) is 14.9 Å². The molecule has 27 heavy (non-hydrogen) atoms. The summed E-state index contributed by atoms with van der Waals surface area (Å²) in [5.41, 5.74) is 3.07. The van der Waals surface area contributed by atoms with Crippen LogP contribution in [0, 0.1) is 5.92 Å². The third-order valence-electron chi connectivity index (χ3n) is 4.97. The third-order valence-corrected chi connectivity index (χ3v) is 5.23. The van der Waals surface area contributed by atoms with E-state index in [1.54, 1.807) is 0 Å². The Balaban J connectivity index is 1.99. The number of aromatic nitrogens is 2. The van der Waals surface area contributed by atoms with Gasteiger partial charge in [0.2, 0.25) is 11.9 Å². The maximum Gasteiger partial charge on any atom is 0.225 e. The van der Waals surface area contributed by atoms with E-state index in [9.17, 15) is 4.79 Å². The van der Waals surface area contributed by atoms with Crippen LogP contribution in [0.4, 0.5) is 5.95 Å². The van der Waals surface area contributed by atoms with E-state index in [-0.39, 0.29) is 17.7 Å². The molecule has 6 heteroatoms. The maximum atomic E-state index is 12.5. The number of anilines is 1. The monoisotopic (exact) mass is 386 g/mol. The summed E-state index contributed by atoms with van der Waals surface area (Å²) in [7, 11) is 3.88. The van der Waals surface area contributed by atoms with Crippen LogP contribution in [0.25, 0.3) is 11.1 Å². The molecule has 0 unspecified atom stereocenters. The van der Waals surface area contributed by atoms with Gasteiger partial charge in [-0.3, -0.25) is 4.79 Å². The largest absolute Gasteiger partial charge is 0.347 e. The zero-order valence-electron chi connectivity index (χ0n) is 16.4. The van der Waals surface area contributed by atoms with Gasteiger partial charge in [0.1, 0.15) is 0 Å². The van der Waals surface area contributed by atoms with Crippen molar-refractivity contribution in [3.05, 3.63) is 41.2 Å². The second-order valence-corrected chi connectivity index (χ2v) is 8.08. The molecule has 5 nitrogen and oxygen atoms in total. The van der Waals surface area contributed by atoms with E-state index >= 15 is 0 Å². The van der Waals surface area contributed by atoms with Gasteiger partial charge in [0.15, 0.2) is 0 Å². The highest BCUT2D eigenvalue weighted by molar-refractivity contribution is 6.30. The molecule has 2 aromatic rings. The van der Waals surface area contributed by atoms with Crippen molar-refractivity contribution >= 4 is 23.5 Å². The molecule has 2 heterocycles. The molecule has 144 valence electrons. The molecular weight excluding hydrogens is 360 g/mol. The molecule has 1 aromatic carbocycles. The van der Waals surface area contributed by atoms with Gasteiger partial charge in [0.05, 0.1) is 5.69 Å². The predicted molar refractivity (Wildman–Crippen MR) is 110 cm³/mol. The number of halogens is 1. The minimum absolute atomic E-state index is 0.0159. The first-order valence-corrected chi connectivity index (χ1v) is 9.83. The van der Waals surface area contributed by atoms with Crippen molar-refractivity contribution in [1.29, 1.82) is 0 Å². The van der Waals surface area contributed by atoms with Gasteiger partial charge in [-0.2, -0.15) is 0 Å². The second kappa shape index (κ2) is 8.26. The van der Waals surface area contributed by atoms with Crippen LogP contribution in [0.1, 0.15) is 38.3 Å². The van der Waals surface area contributed by atoms with Gasteiger partial charge in [-0.1, -0.05) is 37.6 Å². The van der Waals surface area contributed by atoms with E-state index in [1.807, 2.05) is 68.2 Å². The Morgan fingerprint density at radius 1 is 1.26 bits per heavy atom. The Labute approximate surface area is 166 Å². The molecule has 1 fully saturated rings. The summed E-state index contributed by atoms with van der Waals surface area (Å²) in [5, 5.41) is 0.706. The second-order valence-electron chi connectivity index (χ2n) is 7.65. The van der Waals surface area contributed by atoms with E-state index in [2.05, 4.69) is 4.98 Å². The van der Waals surface area contributed by atoms with Crippen LogP contribution in [-0.2, 0) is 4.79 Å². The molecule has 1 aliphatic rings. The molecule has 0 saturated carbocycles. The van der Waals surface area contributed by atoms with Gasteiger partial charge in [-0.15, -0.1) is 0 Å². The summed E-state index contributed by atoms with van der Waals surface area (Å²) in [6.45, 7) is 5.46. The fraction of sp³-hybridized carbons (Fsp3) is 0.476. The Hall–Kier alpha value is -2.14. The van der Waals surface area contributed by atoms with Crippen LogP contribution in [0.2, 0.25) is 5.02 Å². The van der Waals surface area contributed by atoms with Crippen molar-refractivity contribution in [2.24, 2.45) is 5.92 Å². The number of hydrogen-bond acceptors (Lipinski definition) is 4. The molecule has 0 bridgehead atoms. The fourth-order valence-corrected chi connectivity index (χ4v) is 3.66. The number of carbonyl (C=O) groups excluding carboxylic acids is 1. The standard InChI is InChI=1S/C21H27ClN4O/c1-14(2)20(27)26-11-5-6-16(13-26)19-18(12-23-21(24-19)25(3)4)15-7-9-17(22)10-8-15/h7-10,12,14,16H,5-6,11,13H2,1-4H3/t16-/m1/s1. The number of rotatable bonds is 4. The number of piperidine rings is 1. The van der Waals surface area contributed by atoms with Crippen molar-refractivity contribution < 1.29 is 4.79 Å². The summed E-state index contributed by atoms with van der Waals surface area (Å²) >= 11 is 6.06. The molecule has 3 rings (SSSR count). The van der Waals surface area contributed by atoms with E-state index in [1.165, 1.54) is 0 Å². The molecule has 0 radical (unpaired) electrons. The van der Waals surface area contributed by atoms with Crippen LogP contribution in [0.5, 0.6) is 0 Å². The number of likely N-dealkylation sites (tertiary alicyclic amines) is 1. The lowest BCUT2D eigenvalue weighted by molar-refractivity contribution is -0.135. The summed E-state index contributed by atoms with van der Waals surface area (Å²) in [6, 6.07) is 7.77. The quantitative estimate of drug-likeness (QED) is 0.789. The molecule has 1 saturated heterocycles. The lowest BCUT2D eigenvalue weighted by atomic mass is 9.89. The molecule has 1 aliphatic heterocycles. The SMILES string of the molecule is CC(C)C(=O)N1CCC[C@@H](c2nc(N(C)C)ncc2-c2ccc(Cl)cc2)C1. The topological polar surface area (TPSA) is 49.3 Å². The summed E-state index contributed by atoms with van der Waals surface area (Å²) < 4.78 is 0. The minimum Gasteiger partial charge on any atom is -0.347 e. The van der Waals surface area contributed by atoms with Crippen molar-refractivity contribution in [2.45, 2.75) is 32.6 Å². The van der Waals surface area contributed by atoms with Crippen molar-refractivity contribution in [3.63, 3.8) is 0 Å². The molecule has 1 aromatic heterocycles. The first-order valence-electron chi connectivity index (χ1n) is 9.45. The number of nitrogens with zero attached hydrogens (tertiary/aromatic N) is 4. The normalized spacial score (nSPS) is 17.3. The highest BCUT2D eigenvalue weighted by Crippen LogP contribution is 2.34. The zero-order valence-corrected chi connectivity index (χ0v) is 17.2. The molecule has 0 N–H and O–H groups in total. The van der Waals surface area contributed by atoms with Crippen molar-refractivity contribution in [2.75, 3.05) is 32.1 Å². The summed E-state index contributed by atoms with van der Waals surface area (Å²) in [4.78, 5) is 25.8. The van der Waals surface area contributed by atoms with Crippen LogP contribution in [-0.4, -0.2) is 48.0 Å². The summed E-state index contributed by atoms with van der Waals surface area (Å²) in [5.74, 6) is 1.13. The Bertz CT molecular complexity index is 804. The van der Waals surface area contributed by atoms with E-state index in [0.29, 0.717) is 17.5 Å². The van der Waals surface area contributed by atoms with E-state index < -0.39 is 0 Å². The maximum absolute atomic E-state index is 12.5. The highest BCUT2D eigenvalue weighted by Gasteiger charge is 2.29. The van der Waals surface area contributed by atoms with Crippen LogP contribution in [0.15, 0.2) is 30.5 Å². The number of benzene rings is 1. The van der Waals surface area contributed by atoms with Gasteiger partial charge in [0.25, 0.3) is 0 Å². The van der Waals surface area contributed by atoms with Gasteiger partial charge < -0.3 is 9.80 Å². The Morgan fingerprint density at radius 2 is 1.96 bits per heavy atom. The molecule has 0 spiro atoms. The van der Waals surface area contributed by atoms with Gasteiger partial charge >= 0.3 is 0 Å². The third kappa shape index (κ3) is 4.41. The predicted octanol–water partition coefficient (Wildman–Crippen LogP) is 4.23. The van der Waals surface area contributed by atoms with Gasteiger partial charge in [-0.05, 0) is 30.5 Å². The average Bonchev–Trinajstić information content (AvgIpc) is 2.67. The Morgan fingerprint density at radius 3 is 2.59 bits per heavy atom. The minimum atomic E-state index is 0.0159. The van der Waals surface area contributed by atoms with E-state index in [0.717, 1.165) is 36.2 Å². The Kier molecular flexibility index (Phi) is 6.00. The molecule has 1 amide bonds. The van der Waals surface area contributed by atoms with Gasteiger partial charge in [-0.25, -0.2) is 9.97 Å². The number of amides is 1. The van der Waals surface area contributed by atoms with Gasteiger partial charge in [0, 0.05) is 55.8 Å². The first kappa shape index (κ1) is 19.6. The van der Waals surface area contributed by atoms with E-state index in [4.69, 9.17) is 16.6 Å². The fourth-order valence-electron chi connectivity index (χ4n) is 3.53. The average molecular weight is 387 g/mol. The number of carbonyl (C=O) groups is 1. The summed E-state index contributed by atoms with van der Waals surface area (Å²) in [6.07, 6.45) is 3.90. The lowest BCUT2D eigenvalue weighted by Gasteiger charge is -2.34. The van der Waals surface area contributed by atoms with Crippen LogP contribution < -0.4 is 4.90 Å². The zero-order chi connectivity index (χ0) is 19.6. The smallest absolute Gasteiger partial charge is 0.225 e. The molecular formula is C21H27ClN4O.